The average Bonchev–Trinajstić information content (AvgIpc) is 3.40. The van der Waals surface area contributed by atoms with Gasteiger partial charge in [0.15, 0.2) is 17.1 Å². The molecule has 1 saturated carbocycles. The summed E-state index contributed by atoms with van der Waals surface area (Å²) in [6.07, 6.45) is 0.733. The molecule has 1 fully saturated rings. The number of hydroxylamine groups is 2. The predicted molar refractivity (Wildman–Crippen MR) is 199 cm³/mol. The van der Waals surface area contributed by atoms with E-state index < -0.39 is 23.4 Å². The normalized spacial score (nSPS) is 16.3. The first-order valence-electron chi connectivity index (χ1n) is 17.9. The number of fused-ring (bicyclic) bond motifs is 1. The van der Waals surface area contributed by atoms with Gasteiger partial charge in [0.25, 0.3) is 5.91 Å². The minimum atomic E-state index is -4.43. The van der Waals surface area contributed by atoms with Crippen LogP contribution in [0.4, 0.5) is 22.0 Å². The van der Waals surface area contributed by atoms with Crippen LogP contribution in [0.5, 0.6) is 0 Å². The number of aromatic nitrogens is 1. The zero-order chi connectivity index (χ0) is 38.2. The first kappa shape index (κ1) is 39.2. The molecule has 2 atom stereocenters. The van der Waals surface area contributed by atoms with E-state index in [1.807, 2.05) is 12.1 Å². The summed E-state index contributed by atoms with van der Waals surface area (Å²) in [5, 5.41) is 2.18. The smallest absolute Gasteiger partial charge is 0.385 e. The van der Waals surface area contributed by atoms with E-state index >= 15 is 0 Å². The number of ether oxygens (including phenoxy) is 1. The average molecular weight is 765 g/mol. The molecule has 0 radical (unpaired) electrons. The van der Waals surface area contributed by atoms with Gasteiger partial charge in [0, 0.05) is 36.5 Å². The van der Waals surface area contributed by atoms with E-state index in [1.165, 1.54) is 35.4 Å². The Morgan fingerprint density at radius 1 is 0.889 bits per heavy atom. The molecule has 12 heteroatoms. The van der Waals surface area contributed by atoms with Crippen molar-refractivity contribution in [3.05, 3.63) is 136 Å². The first-order chi connectivity index (χ1) is 26.0. The largest absolute Gasteiger partial charge is 0.416 e. The van der Waals surface area contributed by atoms with Crippen molar-refractivity contribution in [2.75, 3.05) is 13.7 Å². The monoisotopic (exact) mass is 764 g/mol. The number of methoxy groups -OCH3 is 1. The third-order valence-corrected chi connectivity index (χ3v) is 10.9. The highest BCUT2D eigenvalue weighted by Crippen LogP contribution is 2.32. The molecule has 284 valence electrons. The fourth-order valence-corrected chi connectivity index (χ4v) is 7.86. The Morgan fingerprint density at radius 2 is 1.61 bits per heavy atom. The molecule has 0 N–H and O–H groups in total. The number of carbonyl (C=O) groups is 1. The molecule has 2 unspecified atom stereocenters. The summed E-state index contributed by atoms with van der Waals surface area (Å²) in [5.41, 5.74) is 1.72. The summed E-state index contributed by atoms with van der Waals surface area (Å²) in [6.45, 7) is 0.565. The Bertz CT molecular complexity index is 2100. The topological polar surface area (TPSA) is 60.8 Å². The Kier molecular flexibility index (Phi) is 12.9. The van der Waals surface area contributed by atoms with E-state index in [1.54, 1.807) is 48.1 Å². The second kappa shape index (κ2) is 17.7. The van der Waals surface area contributed by atoms with Crippen LogP contribution in [-0.4, -0.2) is 35.4 Å². The molecule has 0 bridgehead atoms. The van der Waals surface area contributed by atoms with E-state index in [9.17, 15) is 31.5 Å². The molecule has 0 aliphatic heterocycles. The van der Waals surface area contributed by atoms with Crippen molar-refractivity contribution in [3.63, 3.8) is 0 Å². The van der Waals surface area contributed by atoms with Gasteiger partial charge in [-0.2, -0.15) is 13.2 Å². The number of rotatable bonds is 13. The van der Waals surface area contributed by atoms with Crippen molar-refractivity contribution in [3.8, 4) is 11.1 Å². The number of benzene rings is 4. The van der Waals surface area contributed by atoms with E-state index in [4.69, 9.17) is 9.57 Å². The summed E-state index contributed by atoms with van der Waals surface area (Å²) >= 11 is 1.13. The lowest BCUT2D eigenvalue weighted by Gasteiger charge is -2.28. The highest BCUT2D eigenvalue weighted by atomic mass is 32.2. The number of carbonyl (C=O) groups excluding carboxylic acids is 1. The Balaban J connectivity index is 1.28. The van der Waals surface area contributed by atoms with Crippen molar-refractivity contribution in [1.82, 2.24) is 9.63 Å². The van der Waals surface area contributed by atoms with Gasteiger partial charge in [-0.15, -0.1) is 11.8 Å². The molecule has 6 rings (SSSR count). The lowest BCUT2D eigenvalue weighted by molar-refractivity contribution is -0.213. The predicted octanol–water partition coefficient (Wildman–Crippen LogP) is 10.2. The maximum absolute atomic E-state index is 14.6. The lowest BCUT2D eigenvalue weighted by Crippen LogP contribution is -2.37. The van der Waals surface area contributed by atoms with Crippen molar-refractivity contribution in [2.24, 2.45) is 5.92 Å². The Hall–Kier alpha value is -4.52. The molecule has 54 heavy (non-hydrogen) atoms. The van der Waals surface area contributed by atoms with Gasteiger partial charge in [-0.1, -0.05) is 73.5 Å². The van der Waals surface area contributed by atoms with Crippen molar-refractivity contribution in [1.29, 1.82) is 0 Å². The van der Waals surface area contributed by atoms with Gasteiger partial charge in [0.05, 0.1) is 28.8 Å². The van der Waals surface area contributed by atoms with E-state index in [-0.39, 0.29) is 41.8 Å². The molecule has 0 spiro atoms. The number of hydrogen-bond acceptors (Lipinski definition) is 5. The van der Waals surface area contributed by atoms with Crippen LogP contribution < -0.4 is 5.43 Å². The number of halogens is 5. The second-order valence-corrected chi connectivity index (χ2v) is 14.5. The number of thioether (sulfide) groups is 1. The summed E-state index contributed by atoms with van der Waals surface area (Å²) in [4.78, 5) is 34.1. The highest BCUT2D eigenvalue weighted by molar-refractivity contribution is 7.98. The second-order valence-electron chi connectivity index (χ2n) is 13.5. The van der Waals surface area contributed by atoms with Gasteiger partial charge < -0.3 is 9.30 Å². The fourth-order valence-electron chi connectivity index (χ4n) is 6.82. The maximum atomic E-state index is 14.6. The molecule has 1 aromatic heterocycles. The van der Waals surface area contributed by atoms with Crippen LogP contribution in [0.25, 0.3) is 22.0 Å². The summed E-state index contributed by atoms with van der Waals surface area (Å²) in [6, 6.07) is 24.4. The van der Waals surface area contributed by atoms with Gasteiger partial charge in [-0.25, -0.2) is 13.8 Å². The molecule has 1 amide bonds. The van der Waals surface area contributed by atoms with Crippen LogP contribution in [0.2, 0.25) is 0 Å². The van der Waals surface area contributed by atoms with Gasteiger partial charge >= 0.3 is 6.18 Å². The van der Waals surface area contributed by atoms with Crippen molar-refractivity contribution in [2.45, 2.75) is 74.7 Å². The summed E-state index contributed by atoms with van der Waals surface area (Å²) < 4.78 is 75.0. The zero-order valence-electron chi connectivity index (χ0n) is 29.8. The van der Waals surface area contributed by atoms with Crippen LogP contribution in [0, 0.1) is 17.6 Å². The van der Waals surface area contributed by atoms with Crippen LogP contribution in [0.3, 0.4) is 0 Å². The van der Waals surface area contributed by atoms with Crippen molar-refractivity contribution >= 4 is 28.6 Å². The molecule has 0 saturated heterocycles. The first-order valence-corrected chi connectivity index (χ1v) is 18.9. The number of pyridine rings is 1. The van der Waals surface area contributed by atoms with Crippen LogP contribution >= 0.6 is 11.8 Å². The highest BCUT2D eigenvalue weighted by Gasteiger charge is 2.30. The Labute approximate surface area is 314 Å². The van der Waals surface area contributed by atoms with E-state index in [0.29, 0.717) is 39.6 Å². The minimum Gasteiger partial charge on any atom is -0.385 e. The third kappa shape index (κ3) is 9.77. The maximum Gasteiger partial charge on any atom is 0.416 e. The van der Waals surface area contributed by atoms with E-state index in [2.05, 4.69) is 0 Å². The van der Waals surface area contributed by atoms with Crippen LogP contribution in [-0.2, 0) is 39.4 Å². The number of nitrogens with zero attached hydrogens (tertiary/aromatic N) is 2. The molecule has 1 aliphatic carbocycles. The SMILES string of the molecule is COCCC1CCCC(ON(Cc2ccc(-c3ccc(C(F)(F)F)cc3)cc2)C(=O)Cn2c(SCc3cccc(F)c3F)cc(=O)c3ccccc32)CC1. The molecule has 1 aliphatic rings. The van der Waals surface area contributed by atoms with Crippen LogP contribution in [0.15, 0.2) is 107 Å². The van der Waals surface area contributed by atoms with Gasteiger partial charge in [-0.3, -0.25) is 14.4 Å². The molecule has 4 aromatic carbocycles. The molecule has 5 aromatic rings. The molecule has 6 nitrogen and oxygen atoms in total. The van der Waals surface area contributed by atoms with Crippen LogP contribution in [0.1, 0.15) is 55.2 Å². The number of hydrogen-bond donors (Lipinski definition) is 0. The number of amides is 1. The zero-order valence-corrected chi connectivity index (χ0v) is 30.6. The minimum absolute atomic E-state index is 0.0212. The number of para-hydroxylation sites is 1. The summed E-state index contributed by atoms with van der Waals surface area (Å²) in [5.74, 6) is -1.80. The molecular formula is C42H41F5N2O4S. The quantitative estimate of drug-likeness (QED) is 0.0517. The van der Waals surface area contributed by atoms with E-state index in [0.717, 1.165) is 74.0 Å². The molecule has 1 heterocycles. The fraction of sp³-hybridized carbons (Fsp3) is 0.333. The lowest BCUT2D eigenvalue weighted by atomic mass is 9.97. The third-order valence-electron chi connectivity index (χ3n) is 9.83. The Morgan fingerprint density at radius 3 is 2.33 bits per heavy atom. The molecular weight excluding hydrogens is 724 g/mol. The van der Waals surface area contributed by atoms with Crippen molar-refractivity contribution < 1.29 is 36.3 Å². The number of alkyl halides is 3. The summed E-state index contributed by atoms with van der Waals surface area (Å²) in [7, 11) is 1.69. The standard InChI is InChI=1S/C42H41F5N2O4S/c1-52-23-22-28-6-4-8-34(21-14-28)53-49(25-29-12-15-30(16-13-29)31-17-19-33(20-18-31)42(45,46)47)39(51)26-48-37-11-3-2-9-35(37)38(50)24-40(48)54-27-32-7-5-10-36(43)41(32)44/h2-3,5,7,9-13,15-20,24,28,34H,4,6,8,14,21-23,25-27H2,1H3. The van der Waals surface area contributed by atoms with Gasteiger partial charge in [-0.05, 0) is 78.6 Å². The van der Waals surface area contributed by atoms with Gasteiger partial charge in [0.1, 0.15) is 6.54 Å². The van der Waals surface area contributed by atoms with Gasteiger partial charge in [0.2, 0.25) is 0 Å².